The largest absolute Gasteiger partial charge is 0.465 e. The molecule has 0 spiro atoms. The molecule has 0 N–H and O–H groups in total. The van der Waals surface area contributed by atoms with E-state index < -0.39 is 0 Å². The Balaban J connectivity index is 2.84. The average Bonchev–Trinajstić information content (AvgIpc) is 2.17. The summed E-state index contributed by atoms with van der Waals surface area (Å²) in [6, 6.07) is 7.10. The van der Waals surface area contributed by atoms with Crippen molar-refractivity contribution in [1.82, 2.24) is 0 Å². The summed E-state index contributed by atoms with van der Waals surface area (Å²) in [5.74, 6) is 0.257. The smallest absolute Gasteiger partial charge is 0.337 e. The second-order valence-electron chi connectivity index (χ2n) is 2.33. The molecule has 0 fully saturated rings. The molecule has 63 valence electrons. The Kier molecular flexibility index (Phi) is 3.17. The molecule has 0 unspecified atom stereocenters. The molecule has 0 atom stereocenters. The Morgan fingerprint density at radius 1 is 1.42 bits per heavy atom. The number of benzene rings is 1. The van der Waals surface area contributed by atoms with Crippen molar-refractivity contribution in [2.45, 2.75) is 5.75 Å². The first-order valence-electron chi connectivity index (χ1n) is 3.53. The van der Waals surface area contributed by atoms with Crippen LogP contribution in [-0.2, 0) is 10.5 Å². The maximum absolute atomic E-state index is 11.0. The Bertz CT molecular complexity index is 266. The first kappa shape index (κ1) is 9.13. The minimum atomic E-state index is -0.314. The van der Waals surface area contributed by atoms with Gasteiger partial charge in [0.15, 0.2) is 0 Å². The third-order valence-corrected chi connectivity index (χ3v) is 1.88. The zero-order valence-corrected chi connectivity index (χ0v) is 7.56. The maximum Gasteiger partial charge on any atom is 0.337 e. The van der Waals surface area contributed by atoms with Gasteiger partial charge in [-0.15, -0.1) is 0 Å². The van der Waals surface area contributed by atoms with Gasteiger partial charge in [0.1, 0.15) is 0 Å². The van der Waals surface area contributed by atoms with Crippen LogP contribution in [0.2, 0.25) is 0 Å². The predicted octanol–water partition coefficient (Wildman–Crippen LogP) is 2.17. The minimum Gasteiger partial charge on any atom is -0.465 e. The molecule has 1 aromatic rings. The lowest BCUT2D eigenvalue weighted by molar-refractivity contribution is 0.0601. The van der Waals surface area contributed by atoms with Gasteiger partial charge < -0.3 is 4.74 Å². The normalized spacial score (nSPS) is 9.50. The van der Waals surface area contributed by atoms with Crippen molar-refractivity contribution in [2.75, 3.05) is 7.11 Å². The molecule has 0 aliphatic rings. The Morgan fingerprint density at radius 3 is 2.42 bits per heavy atom. The Hall–Kier alpha value is -0.960. The predicted molar refractivity (Wildman–Crippen MR) is 49.1 cm³/mol. The molecule has 3 heteroatoms. The van der Waals surface area contributed by atoms with Gasteiger partial charge >= 0.3 is 5.97 Å². The van der Waals surface area contributed by atoms with Crippen molar-refractivity contribution in [3.8, 4) is 0 Å². The van der Waals surface area contributed by atoms with Crippen molar-refractivity contribution in [2.24, 2.45) is 0 Å². The van der Waals surface area contributed by atoms with Gasteiger partial charge in [0, 0.05) is 5.75 Å². The van der Waals surface area contributed by atoms with Crippen LogP contribution in [0.15, 0.2) is 24.3 Å². The summed E-state index contributed by atoms with van der Waals surface area (Å²) in [7, 11) is 1.36. The summed E-state index contributed by atoms with van der Waals surface area (Å²) in [6.45, 7) is 0. The second-order valence-corrected chi connectivity index (χ2v) is 2.62. The quantitative estimate of drug-likeness (QED) is 0.653. The van der Waals surface area contributed by atoms with Crippen molar-refractivity contribution in [3.05, 3.63) is 35.4 Å². The molecule has 0 bridgehead atoms. The van der Waals surface area contributed by atoms with Gasteiger partial charge in [-0.25, -0.2) is 4.79 Å². The van der Waals surface area contributed by atoms with Gasteiger partial charge in [-0.2, -0.15) is 0 Å². The molecule has 12 heavy (non-hydrogen) atoms. The molecular weight excluding hydrogens is 172 g/mol. The Morgan fingerprint density at radius 2 is 2.00 bits per heavy atom. The third kappa shape index (κ3) is 2.01. The number of rotatable bonds is 2. The van der Waals surface area contributed by atoms with Crippen molar-refractivity contribution in [3.63, 3.8) is 0 Å². The number of ether oxygens (including phenoxy) is 1. The molecule has 1 aromatic carbocycles. The van der Waals surface area contributed by atoms with E-state index in [9.17, 15) is 4.79 Å². The van der Waals surface area contributed by atoms with E-state index in [0.717, 1.165) is 5.56 Å². The number of methoxy groups -OCH3 is 1. The average molecular weight is 181 g/mol. The highest BCUT2D eigenvalue weighted by atomic mass is 32.1. The lowest BCUT2D eigenvalue weighted by Crippen LogP contribution is -2.00. The fraction of sp³-hybridized carbons (Fsp3) is 0.222. The minimum absolute atomic E-state index is 0.314. The SMILES string of the molecule is COC(=O)c1ccc(C[S])cc1. The van der Waals surface area contributed by atoms with Gasteiger partial charge in [-0.3, -0.25) is 0 Å². The van der Waals surface area contributed by atoms with Crippen LogP contribution in [-0.4, -0.2) is 13.1 Å². The van der Waals surface area contributed by atoms with Crippen molar-refractivity contribution < 1.29 is 9.53 Å². The molecule has 0 heterocycles. The molecule has 0 saturated heterocycles. The highest BCUT2D eigenvalue weighted by molar-refractivity contribution is 7.79. The highest BCUT2D eigenvalue weighted by Gasteiger charge is 2.02. The molecule has 0 aliphatic heterocycles. The van der Waals surface area contributed by atoms with E-state index in [-0.39, 0.29) is 5.97 Å². The second kappa shape index (κ2) is 4.16. The summed E-state index contributed by atoms with van der Waals surface area (Å²) in [6.07, 6.45) is 0. The highest BCUT2D eigenvalue weighted by Crippen LogP contribution is 2.07. The summed E-state index contributed by atoms with van der Waals surface area (Å²) in [5.41, 5.74) is 1.60. The van der Waals surface area contributed by atoms with Crippen LogP contribution in [0.5, 0.6) is 0 Å². The van der Waals surface area contributed by atoms with E-state index in [0.29, 0.717) is 11.3 Å². The fourth-order valence-corrected chi connectivity index (χ4v) is 1.05. The van der Waals surface area contributed by atoms with E-state index in [4.69, 9.17) is 12.6 Å². The van der Waals surface area contributed by atoms with Crippen LogP contribution in [0.4, 0.5) is 0 Å². The number of carbonyl (C=O) groups excluding carboxylic acids is 1. The molecule has 1 rings (SSSR count). The fourth-order valence-electron chi connectivity index (χ4n) is 0.855. The van der Waals surface area contributed by atoms with Crippen LogP contribution in [0, 0.1) is 0 Å². The molecular formula is C9H9O2S. The van der Waals surface area contributed by atoms with Crippen LogP contribution < -0.4 is 0 Å². The first-order chi connectivity index (χ1) is 5.77. The van der Waals surface area contributed by atoms with Gasteiger partial charge in [0.05, 0.1) is 12.7 Å². The number of carbonyl (C=O) groups is 1. The van der Waals surface area contributed by atoms with Crippen molar-refractivity contribution >= 4 is 18.6 Å². The molecule has 2 nitrogen and oxygen atoms in total. The molecule has 1 radical (unpaired) electrons. The standard InChI is InChI=1S/C9H9O2S/c1-11-9(10)8-4-2-7(6-12)3-5-8/h2-5H,6H2,1H3. The Labute approximate surface area is 77.0 Å². The number of esters is 1. The molecule has 0 saturated carbocycles. The van der Waals surface area contributed by atoms with E-state index in [1.807, 2.05) is 12.1 Å². The lowest BCUT2D eigenvalue weighted by Gasteiger charge is -1.99. The monoisotopic (exact) mass is 181 g/mol. The van der Waals surface area contributed by atoms with E-state index in [1.54, 1.807) is 12.1 Å². The summed E-state index contributed by atoms with van der Waals surface area (Å²) < 4.78 is 4.54. The zero-order valence-electron chi connectivity index (χ0n) is 6.74. The van der Waals surface area contributed by atoms with E-state index >= 15 is 0 Å². The summed E-state index contributed by atoms with van der Waals surface area (Å²) in [4.78, 5) is 11.0. The molecule has 0 amide bonds. The van der Waals surface area contributed by atoms with Gasteiger partial charge in [0.2, 0.25) is 0 Å². The summed E-state index contributed by atoms with van der Waals surface area (Å²) in [5, 5.41) is 0. The topological polar surface area (TPSA) is 26.3 Å². The van der Waals surface area contributed by atoms with Crippen LogP contribution >= 0.6 is 12.6 Å². The van der Waals surface area contributed by atoms with E-state index in [2.05, 4.69) is 4.74 Å². The zero-order chi connectivity index (χ0) is 8.97. The van der Waals surface area contributed by atoms with Crippen LogP contribution in [0.25, 0.3) is 0 Å². The first-order valence-corrected chi connectivity index (χ1v) is 4.11. The van der Waals surface area contributed by atoms with Crippen molar-refractivity contribution in [1.29, 1.82) is 0 Å². The van der Waals surface area contributed by atoms with E-state index in [1.165, 1.54) is 7.11 Å². The summed E-state index contributed by atoms with van der Waals surface area (Å²) >= 11 is 4.84. The number of hydrogen-bond donors (Lipinski definition) is 0. The number of hydrogen-bond acceptors (Lipinski definition) is 2. The van der Waals surface area contributed by atoms with Gasteiger partial charge in [0.25, 0.3) is 0 Å². The molecule has 0 aromatic heterocycles. The lowest BCUT2D eigenvalue weighted by atomic mass is 10.1. The van der Waals surface area contributed by atoms with Crippen LogP contribution in [0.1, 0.15) is 15.9 Å². The van der Waals surface area contributed by atoms with Crippen LogP contribution in [0.3, 0.4) is 0 Å². The third-order valence-electron chi connectivity index (χ3n) is 1.54. The van der Waals surface area contributed by atoms with Gasteiger partial charge in [-0.05, 0) is 17.7 Å². The maximum atomic E-state index is 11.0. The van der Waals surface area contributed by atoms with Gasteiger partial charge in [-0.1, -0.05) is 24.8 Å². The molecule has 0 aliphatic carbocycles.